The number of unbranched alkanes of at least 4 members (excludes halogenated alkanes) is 2. The normalized spacial score (nSPS) is 19.0. The first-order valence-corrected chi connectivity index (χ1v) is 24.1. The van der Waals surface area contributed by atoms with Gasteiger partial charge in [0.2, 0.25) is 5.69 Å². The molecule has 1 aliphatic carbocycles. The number of anilines is 1. The third kappa shape index (κ3) is 10.3. The summed E-state index contributed by atoms with van der Waals surface area (Å²) in [5, 5.41) is 2.45. The maximum Gasteiger partial charge on any atom is 0.264 e. The number of nitrogens with zero attached hydrogens (tertiary/aromatic N) is 3. The molecule has 2 N–H and O–H groups in total. The molecule has 0 aromatic heterocycles. The van der Waals surface area contributed by atoms with Crippen molar-refractivity contribution >= 4 is 72.2 Å². The molecule has 3 aromatic rings. The van der Waals surface area contributed by atoms with E-state index >= 15 is 0 Å². The van der Waals surface area contributed by atoms with Crippen molar-refractivity contribution in [1.29, 1.82) is 0 Å². The van der Waals surface area contributed by atoms with Crippen molar-refractivity contribution < 1.29 is 30.5 Å². The Hall–Kier alpha value is -3.94. The van der Waals surface area contributed by atoms with E-state index in [2.05, 4.69) is 120 Å². The maximum atomic E-state index is 11.5. The fourth-order valence-electron chi connectivity index (χ4n) is 8.34. The minimum Gasteiger partial charge on any atom is -0.344 e. The zero-order valence-corrected chi connectivity index (χ0v) is 36.8. The van der Waals surface area contributed by atoms with E-state index in [1.165, 1.54) is 27.2 Å². The van der Waals surface area contributed by atoms with Crippen LogP contribution in [0.3, 0.4) is 0 Å². The highest BCUT2D eigenvalue weighted by Crippen LogP contribution is 2.49. The number of para-hydroxylation sites is 2. The topological polar surface area (TPSA) is 127 Å². The predicted molar refractivity (Wildman–Crippen MR) is 241 cm³/mol. The molecule has 3 aliphatic rings. The molecule has 0 fully saturated rings. The Bertz CT molecular complexity index is 2470. The summed E-state index contributed by atoms with van der Waals surface area (Å²) >= 11 is 6.57. The zero-order valence-electron chi connectivity index (χ0n) is 33.5. The number of hydrogen-bond donors (Lipinski definition) is 2. The summed E-state index contributed by atoms with van der Waals surface area (Å²) in [5.41, 5.74) is 9.51. The Labute approximate surface area is 353 Å². The van der Waals surface area contributed by atoms with Crippen LogP contribution in [0.4, 0.5) is 17.1 Å². The number of aliphatic imine (C=N–C) groups is 1. The number of thiocarbonyl (C=S) groups is 1. The van der Waals surface area contributed by atoms with Gasteiger partial charge < -0.3 is 4.90 Å². The number of fused-ring (bicyclic) bond motifs is 2. The van der Waals surface area contributed by atoms with Crippen molar-refractivity contribution in [3.8, 4) is 0 Å². The molecule has 0 atom stereocenters. The standard InChI is InChI=1S/C45H51N3O6S4/c1-44(2)37-16-5-7-18-39(37)47(28-9-11-30-57(49,50)51)41(44)26-20-33-14-13-15-34(43(33)56-36-24-22-35(23-25-36)46-32-55)21-27-42-45(3,4)38-17-6-8-19-40(38)48(42)29-10-12-31-58(52,53)54/h5-8,16-27H,9-15,28-31H2,1-4H3,(H-,49,50,51,52,53,54)/p+1. The number of isothiocyanates is 1. The number of thioether (sulfide) groups is 1. The van der Waals surface area contributed by atoms with Crippen LogP contribution in [0.1, 0.15) is 83.8 Å². The second-order valence-electron chi connectivity index (χ2n) is 16.0. The molecule has 13 heteroatoms. The van der Waals surface area contributed by atoms with Crippen molar-refractivity contribution in [3.05, 3.63) is 130 Å². The molecule has 0 saturated heterocycles. The van der Waals surface area contributed by atoms with Crippen LogP contribution in [0, 0.1) is 0 Å². The summed E-state index contributed by atoms with van der Waals surface area (Å²) < 4.78 is 66.9. The molecular formula is C45H52N3O6S4+. The summed E-state index contributed by atoms with van der Waals surface area (Å²) in [6, 6.07) is 24.7. The third-order valence-corrected chi connectivity index (χ3v) is 14.2. The number of hydrogen-bond acceptors (Lipinski definition) is 8. The van der Waals surface area contributed by atoms with Crippen LogP contribution in [0.15, 0.2) is 129 Å². The van der Waals surface area contributed by atoms with E-state index in [1.54, 1.807) is 11.8 Å². The summed E-state index contributed by atoms with van der Waals surface area (Å²) in [4.78, 5) is 8.70. The summed E-state index contributed by atoms with van der Waals surface area (Å²) in [6.07, 6.45) is 13.7. The SMILES string of the molecule is CC1(C)C(/C=C/C2=C(Sc3ccc(N=C=S)cc3)C(=C/C=C3\N(CCCCS(=O)(=O)O)c4ccccc4C3(C)C)/CCC2)=[N+](CCCCS(=O)(=O)O)c2ccccc21. The van der Waals surface area contributed by atoms with Crippen LogP contribution in [-0.2, 0) is 31.1 Å². The Morgan fingerprint density at radius 3 is 2.16 bits per heavy atom. The average molecular weight is 859 g/mol. The molecule has 6 rings (SSSR count). The molecule has 0 unspecified atom stereocenters. The lowest BCUT2D eigenvalue weighted by Crippen LogP contribution is -2.28. The van der Waals surface area contributed by atoms with E-state index in [4.69, 9.17) is 12.2 Å². The molecule has 0 radical (unpaired) electrons. The second-order valence-corrected chi connectivity index (χ2v) is 20.5. The molecule has 0 bridgehead atoms. The molecule has 0 spiro atoms. The highest BCUT2D eigenvalue weighted by atomic mass is 32.2. The Balaban J connectivity index is 1.41. The van der Waals surface area contributed by atoms with Gasteiger partial charge in [0.1, 0.15) is 6.54 Å². The number of rotatable bonds is 16. The van der Waals surface area contributed by atoms with Crippen LogP contribution >= 0.6 is 24.0 Å². The fourth-order valence-corrected chi connectivity index (χ4v) is 10.7. The van der Waals surface area contributed by atoms with Gasteiger partial charge in [-0.1, -0.05) is 74.2 Å². The monoisotopic (exact) mass is 858 g/mol. The van der Waals surface area contributed by atoms with Crippen molar-refractivity contribution in [1.82, 2.24) is 0 Å². The molecular weight excluding hydrogens is 807 g/mol. The van der Waals surface area contributed by atoms with Gasteiger partial charge in [0.15, 0.2) is 5.71 Å². The lowest BCUT2D eigenvalue weighted by Gasteiger charge is -2.27. The highest BCUT2D eigenvalue weighted by molar-refractivity contribution is 8.03. The van der Waals surface area contributed by atoms with Crippen LogP contribution < -0.4 is 4.90 Å². The van der Waals surface area contributed by atoms with Gasteiger partial charge in [-0.3, -0.25) is 9.11 Å². The number of benzene rings is 3. The number of allylic oxidation sites excluding steroid dienone is 7. The van der Waals surface area contributed by atoms with Gasteiger partial charge in [0, 0.05) is 57.3 Å². The Morgan fingerprint density at radius 1 is 0.810 bits per heavy atom. The second kappa shape index (κ2) is 18.1. The van der Waals surface area contributed by atoms with Gasteiger partial charge in [-0.2, -0.15) is 26.4 Å². The first-order chi connectivity index (χ1) is 27.5. The van der Waals surface area contributed by atoms with Crippen molar-refractivity contribution in [2.45, 2.75) is 88.4 Å². The van der Waals surface area contributed by atoms with Crippen LogP contribution in [-0.4, -0.2) is 66.0 Å². The van der Waals surface area contributed by atoms with Crippen molar-refractivity contribution in [3.63, 3.8) is 0 Å². The van der Waals surface area contributed by atoms with Gasteiger partial charge in [-0.05, 0) is 118 Å². The maximum absolute atomic E-state index is 11.5. The predicted octanol–water partition coefficient (Wildman–Crippen LogP) is 10.5. The first-order valence-electron chi connectivity index (χ1n) is 19.7. The quantitative estimate of drug-likeness (QED) is 0.0476. The summed E-state index contributed by atoms with van der Waals surface area (Å²) in [6.45, 7) is 10.2. The zero-order chi connectivity index (χ0) is 41.7. The molecule has 0 saturated carbocycles. The summed E-state index contributed by atoms with van der Waals surface area (Å²) in [5.74, 6) is -0.520. The third-order valence-electron chi connectivity index (χ3n) is 11.3. The van der Waals surface area contributed by atoms with Crippen molar-refractivity contribution in [2.24, 2.45) is 4.99 Å². The van der Waals surface area contributed by atoms with E-state index in [0.29, 0.717) is 38.8 Å². The van der Waals surface area contributed by atoms with E-state index in [-0.39, 0.29) is 22.3 Å². The van der Waals surface area contributed by atoms with E-state index in [1.807, 2.05) is 24.3 Å². The lowest BCUT2D eigenvalue weighted by molar-refractivity contribution is -0.438. The molecule has 2 heterocycles. The molecule has 306 valence electrons. The van der Waals surface area contributed by atoms with Gasteiger partial charge in [0.25, 0.3) is 20.2 Å². The van der Waals surface area contributed by atoms with E-state index < -0.39 is 20.2 Å². The van der Waals surface area contributed by atoms with E-state index in [9.17, 15) is 25.9 Å². The summed E-state index contributed by atoms with van der Waals surface area (Å²) in [7, 11) is -8.06. The van der Waals surface area contributed by atoms with Gasteiger partial charge >= 0.3 is 0 Å². The minimum atomic E-state index is -4.03. The van der Waals surface area contributed by atoms with Crippen LogP contribution in [0.5, 0.6) is 0 Å². The Morgan fingerprint density at radius 2 is 1.47 bits per heavy atom. The average Bonchev–Trinajstić information content (AvgIpc) is 3.52. The Kier molecular flexibility index (Phi) is 13.6. The van der Waals surface area contributed by atoms with Crippen LogP contribution in [0.2, 0.25) is 0 Å². The fraction of sp³-hybridized carbons (Fsp3) is 0.378. The van der Waals surface area contributed by atoms with E-state index in [0.717, 1.165) is 52.6 Å². The minimum absolute atomic E-state index is 0.260. The first kappa shape index (κ1) is 43.6. The highest BCUT2D eigenvalue weighted by Gasteiger charge is 2.44. The smallest absolute Gasteiger partial charge is 0.264 e. The molecule has 58 heavy (non-hydrogen) atoms. The van der Waals surface area contributed by atoms with Gasteiger partial charge in [0.05, 0.1) is 27.8 Å². The van der Waals surface area contributed by atoms with Crippen molar-refractivity contribution in [2.75, 3.05) is 29.5 Å². The molecule has 2 aliphatic heterocycles. The largest absolute Gasteiger partial charge is 0.344 e. The lowest BCUT2D eigenvalue weighted by atomic mass is 9.81. The van der Waals surface area contributed by atoms with Gasteiger partial charge in [-0.15, -0.1) is 0 Å². The molecule has 0 amide bonds. The molecule has 3 aromatic carbocycles. The van der Waals surface area contributed by atoms with Crippen LogP contribution in [0.25, 0.3) is 0 Å². The van der Waals surface area contributed by atoms with Gasteiger partial charge in [-0.25, -0.2) is 0 Å². The molecule has 9 nitrogen and oxygen atoms in total.